The number of rotatable bonds is 8. The van der Waals surface area contributed by atoms with Gasteiger partial charge in [-0.1, -0.05) is 13.8 Å². The van der Waals surface area contributed by atoms with E-state index >= 15 is 0 Å². The van der Waals surface area contributed by atoms with Crippen LogP contribution in [0.1, 0.15) is 30.6 Å². The van der Waals surface area contributed by atoms with E-state index in [1.807, 2.05) is 26.1 Å². The Hall–Kier alpha value is -2.70. The molecule has 0 aliphatic rings. The third-order valence-corrected chi connectivity index (χ3v) is 3.76. The third kappa shape index (κ3) is 5.70. The average molecular weight is 346 g/mol. The Morgan fingerprint density at radius 1 is 1.24 bits per heavy atom. The van der Waals surface area contributed by atoms with Crippen LogP contribution in [-0.4, -0.2) is 34.2 Å². The molecule has 25 heavy (non-hydrogen) atoms. The quantitative estimate of drug-likeness (QED) is 0.718. The van der Waals surface area contributed by atoms with E-state index in [1.54, 1.807) is 10.9 Å². The van der Waals surface area contributed by atoms with Crippen molar-refractivity contribution in [2.45, 2.75) is 32.9 Å². The van der Waals surface area contributed by atoms with Crippen molar-refractivity contribution in [3.8, 4) is 0 Å². The summed E-state index contributed by atoms with van der Waals surface area (Å²) in [6.07, 6.45) is 4.31. The van der Waals surface area contributed by atoms with Crippen molar-refractivity contribution in [3.05, 3.63) is 54.1 Å². The van der Waals surface area contributed by atoms with Gasteiger partial charge in [0.1, 0.15) is 11.9 Å². The number of carbonyl (C=O) groups is 2. The molecule has 1 aromatic heterocycles. The lowest BCUT2D eigenvalue weighted by Gasteiger charge is -2.21. The van der Waals surface area contributed by atoms with Crippen LogP contribution in [0.2, 0.25) is 0 Å². The van der Waals surface area contributed by atoms with E-state index in [1.165, 1.54) is 24.3 Å². The summed E-state index contributed by atoms with van der Waals surface area (Å²) in [6.45, 7) is 4.92. The molecule has 134 valence electrons. The minimum absolute atomic E-state index is 0.0736. The fourth-order valence-electron chi connectivity index (χ4n) is 2.36. The number of carbonyl (C=O) groups excluding carboxylic acids is 2. The molecule has 1 heterocycles. The molecule has 1 aromatic carbocycles. The van der Waals surface area contributed by atoms with E-state index in [2.05, 4.69) is 15.7 Å². The maximum atomic E-state index is 12.9. The zero-order valence-corrected chi connectivity index (χ0v) is 14.4. The summed E-state index contributed by atoms with van der Waals surface area (Å²) < 4.78 is 14.7. The van der Waals surface area contributed by atoms with Gasteiger partial charge >= 0.3 is 0 Å². The number of nitrogens with one attached hydrogen (secondary N) is 2. The average Bonchev–Trinajstić information content (AvgIpc) is 3.10. The van der Waals surface area contributed by atoms with Gasteiger partial charge < -0.3 is 10.6 Å². The fraction of sp³-hybridized carbons (Fsp3) is 0.389. The Bertz CT molecular complexity index is 684. The smallest absolute Gasteiger partial charge is 0.251 e. The van der Waals surface area contributed by atoms with Crippen molar-refractivity contribution in [1.82, 2.24) is 20.4 Å². The standard InChI is InChI=1S/C18H23FN4O2/c1-13(2)16(22-17(24)14-5-7-15(19)8-6-14)18(25)20-9-3-11-23-12-4-10-21-23/h4-8,10,12-13,16H,3,9,11H2,1-2H3,(H,20,25)(H,22,24)/t16-/m0/s1. The van der Waals surface area contributed by atoms with Crippen LogP contribution >= 0.6 is 0 Å². The molecule has 2 N–H and O–H groups in total. The molecule has 2 amide bonds. The maximum Gasteiger partial charge on any atom is 0.251 e. The zero-order valence-electron chi connectivity index (χ0n) is 14.4. The highest BCUT2D eigenvalue weighted by Crippen LogP contribution is 2.07. The van der Waals surface area contributed by atoms with Gasteiger partial charge in [-0.25, -0.2) is 4.39 Å². The van der Waals surface area contributed by atoms with Crippen LogP contribution in [0, 0.1) is 11.7 Å². The molecule has 0 radical (unpaired) electrons. The van der Waals surface area contributed by atoms with Gasteiger partial charge in [-0.3, -0.25) is 14.3 Å². The summed E-state index contributed by atoms with van der Waals surface area (Å²) in [7, 11) is 0. The number of benzene rings is 1. The van der Waals surface area contributed by atoms with E-state index in [9.17, 15) is 14.0 Å². The molecule has 7 heteroatoms. The molecule has 0 bridgehead atoms. The van der Waals surface area contributed by atoms with Crippen molar-refractivity contribution in [3.63, 3.8) is 0 Å². The highest BCUT2D eigenvalue weighted by atomic mass is 19.1. The van der Waals surface area contributed by atoms with E-state index in [-0.39, 0.29) is 11.8 Å². The van der Waals surface area contributed by atoms with E-state index in [0.717, 1.165) is 6.42 Å². The fourth-order valence-corrected chi connectivity index (χ4v) is 2.36. The molecule has 0 aliphatic heterocycles. The number of hydrogen-bond acceptors (Lipinski definition) is 3. The van der Waals surface area contributed by atoms with Crippen molar-refractivity contribution in [2.75, 3.05) is 6.54 Å². The lowest BCUT2D eigenvalue weighted by atomic mass is 10.0. The molecule has 2 aromatic rings. The summed E-state index contributed by atoms with van der Waals surface area (Å²) >= 11 is 0. The molecule has 0 aliphatic carbocycles. The second kappa shape index (κ2) is 8.96. The topological polar surface area (TPSA) is 76.0 Å². The van der Waals surface area contributed by atoms with Gasteiger partial charge in [0.15, 0.2) is 0 Å². The van der Waals surface area contributed by atoms with E-state index in [0.29, 0.717) is 18.7 Å². The largest absolute Gasteiger partial charge is 0.354 e. The van der Waals surface area contributed by atoms with E-state index < -0.39 is 17.8 Å². The molecule has 0 saturated carbocycles. The maximum absolute atomic E-state index is 12.9. The lowest BCUT2D eigenvalue weighted by Crippen LogP contribution is -2.49. The first kappa shape index (κ1) is 18.6. The molecule has 0 fully saturated rings. The van der Waals surface area contributed by atoms with Gasteiger partial charge in [-0.05, 0) is 42.7 Å². The first-order valence-corrected chi connectivity index (χ1v) is 8.29. The summed E-state index contributed by atoms with van der Waals surface area (Å²) in [4.78, 5) is 24.6. The molecule has 0 saturated heterocycles. The number of aryl methyl sites for hydroxylation is 1. The molecule has 2 rings (SSSR count). The van der Waals surface area contributed by atoms with Gasteiger partial charge in [0.05, 0.1) is 0 Å². The van der Waals surface area contributed by atoms with Gasteiger partial charge in [-0.15, -0.1) is 0 Å². The lowest BCUT2D eigenvalue weighted by molar-refractivity contribution is -0.123. The van der Waals surface area contributed by atoms with Crippen molar-refractivity contribution in [1.29, 1.82) is 0 Å². The van der Waals surface area contributed by atoms with Crippen molar-refractivity contribution >= 4 is 11.8 Å². The summed E-state index contributed by atoms with van der Waals surface area (Å²) in [5, 5.41) is 9.65. The van der Waals surface area contributed by atoms with Gasteiger partial charge in [0.2, 0.25) is 5.91 Å². The number of nitrogens with zero attached hydrogens (tertiary/aromatic N) is 2. The Balaban J connectivity index is 1.84. The Kier molecular flexibility index (Phi) is 6.68. The second-order valence-corrected chi connectivity index (χ2v) is 6.12. The third-order valence-electron chi connectivity index (χ3n) is 3.76. The number of hydrogen-bond donors (Lipinski definition) is 2. The van der Waals surface area contributed by atoms with E-state index in [4.69, 9.17) is 0 Å². The minimum atomic E-state index is -0.651. The highest BCUT2D eigenvalue weighted by molar-refractivity contribution is 5.97. The Labute approximate surface area is 146 Å². The van der Waals surface area contributed by atoms with Crippen molar-refractivity contribution < 1.29 is 14.0 Å². The first-order chi connectivity index (χ1) is 12.0. The Morgan fingerprint density at radius 3 is 2.56 bits per heavy atom. The molecular weight excluding hydrogens is 323 g/mol. The summed E-state index contributed by atoms with van der Waals surface area (Å²) in [6, 6.07) is 6.41. The predicted molar refractivity (Wildman–Crippen MR) is 92.3 cm³/mol. The molecular formula is C18H23FN4O2. The minimum Gasteiger partial charge on any atom is -0.354 e. The first-order valence-electron chi connectivity index (χ1n) is 8.29. The van der Waals surface area contributed by atoms with Gasteiger partial charge in [0.25, 0.3) is 5.91 Å². The highest BCUT2D eigenvalue weighted by Gasteiger charge is 2.24. The number of amides is 2. The molecule has 0 spiro atoms. The van der Waals surface area contributed by atoms with Crippen LogP contribution < -0.4 is 10.6 Å². The van der Waals surface area contributed by atoms with Gasteiger partial charge in [0, 0.05) is 31.0 Å². The normalized spacial score (nSPS) is 12.0. The summed E-state index contributed by atoms with van der Waals surface area (Å²) in [5.41, 5.74) is 0.318. The zero-order chi connectivity index (χ0) is 18.2. The molecule has 1 atom stereocenters. The van der Waals surface area contributed by atoms with Crippen LogP contribution in [-0.2, 0) is 11.3 Å². The predicted octanol–water partition coefficient (Wildman–Crippen LogP) is 1.98. The van der Waals surface area contributed by atoms with Crippen LogP contribution in [0.4, 0.5) is 4.39 Å². The van der Waals surface area contributed by atoms with Crippen LogP contribution in [0.3, 0.4) is 0 Å². The van der Waals surface area contributed by atoms with Crippen LogP contribution in [0.5, 0.6) is 0 Å². The van der Waals surface area contributed by atoms with Crippen LogP contribution in [0.25, 0.3) is 0 Å². The molecule has 0 unspecified atom stereocenters. The van der Waals surface area contributed by atoms with Gasteiger partial charge in [-0.2, -0.15) is 5.10 Å². The second-order valence-electron chi connectivity index (χ2n) is 6.12. The number of aromatic nitrogens is 2. The van der Waals surface area contributed by atoms with Crippen LogP contribution in [0.15, 0.2) is 42.7 Å². The molecule has 6 nitrogen and oxygen atoms in total. The monoisotopic (exact) mass is 346 g/mol. The Morgan fingerprint density at radius 2 is 1.96 bits per heavy atom. The van der Waals surface area contributed by atoms with Crippen molar-refractivity contribution in [2.24, 2.45) is 5.92 Å². The SMILES string of the molecule is CC(C)[C@H](NC(=O)c1ccc(F)cc1)C(=O)NCCCn1cccn1. The summed E-state index contributed by atoms with van der Waals surface area (Å²) in [5.74, 6) is -1.11. The number of halogens is 1.